The predicted molar refractivity (Wildman–Crippen MR) is 73.3 cm³/mol. The topological polar surface area (TPSA) is 18.5 Å². The molecule has 20 heavy (non-hydrogen) atoms. The molecule has 1 aromatic rings. The maximum absolute atomic E-state index is 12.6. The molecule has 6 heteroatoms. The second-order valence-electron chi connectivity index (χ2n) is 5.08. The summed E-state index contributed by atoms with van der Waals surface area (Å²) < 4.78 is 48.7. The molecule has 2 rings (SSSR count). The molecule has 0 N–H and O–H groups in total. The van der Waals surface area contributed by atoms with Gasteiger partial charge in [0, 0.05) is 18.6 Å². The molecule has 0 radical (unpaired) electrons. The van der Waals surface area contributed by atoms with Crippen molar-refractivity contribution in [2.45, 2.75) is 19.0 Å². The summed E-state index contributed by atoms with van der Waals surface area (Å²) in [7, 11) is 0. The first kappa shape index (κ1) is 15.5. The second-order valence-corrected chi connectivity index (χ2v) is 5.40. The number of ether oxygens (including phenoxy) is 2. The van der Waals surface area contributed by atoms with Crippen LogP contribution in [0.4, 0.5) is 13.2 Å². The van der Waals surface area contributed by atoms with Gasteiger partial charge in [-0.1, -0.05) is 6.07 Å². The summed E-state index contributed by atoms with van der Waals surface area (Å²) in [5.41, 5.74) is -0.808. The summed E-state index contributed by atoms with van der Waals surface area (Å²) in [5.74, 6) is 0.877. The van der Waals surface area contributed by atoms with Gasteiger partial charge in [-0.25, -0.2) is 0 Å². The fraction of sp³-hybridized carbons (Fsp3) is 0.571. The molecule has 1 aliphatic heterocycles. The van der Waals surface area contributed by atoms with Crippen LogP contribution >= 0.6 is 12.6 Å². The third kappa shape index (κ3) is 3.82. The van der Waals surface area contributed by atoms with Gasteiger partial charge in [0.2, 0.25) is 0 Å². The number of alkyl halides is 3. The Hall–Kier alpha value is -0.880. The molecule has 1 aliphatic rings. The van der Waals surface area contributed by atoms with Crippen LogP contribution in [0.3, 0.4) is 0 Å². The molecule has 0 aliphatic carbocycles. The average Bonchev–Trinajstić information content (AvgIpc) is 2.46. The van der Waals surface area contributed by atoms with E-state index >= 15 is 0 Å². The van der Waals surface area contributed by atoms with E-state index < -0.39 is 11.7 Å². The molecule has 0 bridgehead atoms. The van der Waals surface area contributed by atoms with Crippen LogP contribution in [-0.4, -0.2) is 25.6 Å². The van der Waals surface area contributed by atoms with Gasteiger partial charge in [0.15, 0.2) is 0 Å². The summed E-state index contributed by atoms with van der Waals surface area (Å²) in [6.07, 6.45) is -2.72. The lowest BCUT2D eigenvalue weighted by Gasteiger charge is -2.35. The number of rotatable bonds is 4. The summed E-state index contributed by atoms with van der Waals surface area (Å²) in [4.78, 5) is 0. The van der Waals surface area contributed by atoms with Crippen LogP contribution < -0.4 is 4.74 Å². The van der Waals surface area contributed by atoms with Gasteiger partial charge in [-0.2, -0.15) is 25.8 Å². The highest BCUT2D eigenvalue weighted by atomic mass is 32.1. The van der Waals surface area contributed by atoms with Crippen molar-refractivity contribution in [3.63, 3.8) is 0 Å². The van der Waals surface area contributed by atoms with E-state index in [0.717, 1.165) is 25.0 Å². The molecule has 1 aromatic carbocycles. The molecule has 0 spiro atoms. The molecular formula is C14H17F3O2S. The van der Waals surface area contributed by atoms with Gasteiger partial charge >= 0.3 is 6.18 Å². The average molecular weight is 306 g/mol. The van der Waals surface area contributed by atoms with Crippen LogP contribution in [0.15, 0.2) is 24.3 Å². The highest BCUT2D eigenvalue weighted by Gasteiger charge is 2.33. The first-order valence-electron chi connectivity index (χ1n) is 6.44. The number of hydrogen-bond donors (Lipinski definition) is 1. The van der Waals surface area contributed by atoms with E-state index in [1.165, 1.54) is 6.07 Å². The van der Waals surface area contributed by atoms with E-state index in [0.29, 0.717) is 25.6 Å². The standard InChI is InChI=1S/C14H17F3O2S/c15-14(16,17)11-2-1-3-12(8-11)19-9-13(10-20)4-6-18-7-5-13/h1-3,8,20H,4-7,9-10H2. The number of benzene rings is 1. The van der Waals surface area contributed by atoms with Crippen LogP contribution in [-0.2, 0) is 10.9 Å². The Morgan fingerprint density at radius 3 is 2.55 bits per heavy atom. The Labute approximate surface area is 121 Å². The van der Waals surface area contributed by atoms with E-state index in [9.17, 15) is 13.2 Å². The molecule has 0 unspecified atom stereocenters. The molecule has 0 amide bonds. The summed E-state index contributed by atoms with van der Waals surface area (Å²) in [6, 6.07) is 4.97. The molecular weight excluding hydrogens is 289 g/mol. The van der Waals surface area contributed by atoms with Gasteiger partial charge in [0.05, 0.1) is 12.2 Å². The molecule has 0 aromatic heterocycles. The third-order valence-electron chi connectivity index (χ3n) is 3.60. The predicted octanol–water partition coefficient (Wildman–Crippen LogP) is 3.81. The minimum absolute atomic E-state index is 0.115. The summed E-state index contributed by atoms with van der Waals surface area (Å²) in [5, 5.41) is 0. The van der Waals surface area contributed by atoms with Crippen molar-refractivity contribution in [3.05, 3.63) is 29.8 Å². The maximum Gasteiger partial charge on any atom is 0.416 e. The lowest BCUT2D eigenvalue weighted by atomic mass is 9.83. The van der Waals surface area contributed by atoms with Crippen LogP contribution in [0.5, 0.6) is 5.75 Å². The van der Waals surface area contributed by atoms with E-state index in [-0.39, 0.29) is 11.2 Å². The van der Waals surface area contributed by atoms with Crippen molar-refractivity contribution in [1.82, 2.24) is 0 Å². The van der Waals surface area contributed by atoms with Gasteiger partial charge < -0.3 is 9.47 Å². The minimum Gasteiger partial charge on any atom is -0.493 e. The quantitative estimate of drug-likeness (QED) is 0.853. The highest BCUT2D eigenvalue weighted by Crippen LogP contribution is 2.34. The summed E-state index contributed by atoms with van der Waals surface area (Å²) >= 11 is 4.35. The van der Waals surface area contributed by atoms with Crippen molar-refractivity contribution >= 4 is 12.6 Å². The van der Waals surface area contributed by atoms with E-state index in [4.69, 9.17) is 9.47 Å². The van der Waals surface area contributed by atoms with Gasteiger partial charge in [-0.15, -0.1) is 0 Å². The monoisotopic (exact) mass is 306 g/mol. The first-order chi connectivity index (χ1) is 9.45. The van der Waals surface area contributed by atoms with Gasteiger partial charge in [0.25, 0.3) is 0 Å². The van der Waals surface area contributed by atoms with E-state index in [1.807, 2.05) is 0 Å². The molecule has 0 atom stereocenters. The number of thiol groups is 1. The zero-order valence-corrected chi connectivity index (χ0v) is 11.8. The minimum atomic E-state index is -4.35. The number of hydrogen-bond acceptors (Lipinski definition) is 3. The van der Waals surface area contributed by atoms with Crippen LogP contribution in [0, 0.1) is 5.41 Å². The maximum atomic E-state index is 12.6. The third-order valence-corrected chi connectivity index (χ3v) is 4.27. The largest absolute Gasteiger partial charge is 0.493 e. The van der Waals surface area contributed by atoms with Crippen LogP contribution in [0.1, 0.15) is 18.4 Å². The van der Waals surface area contributed by atoms with Crippen LogP contribution in [0.2, 0.25) is 0 Å². The first-order valence-corrected chi connectivity index (χ1v) is 7.07. The second kappa shape index (κ2) is 6.26. The molecule has 2 nitrogen and oxygen atoms in total. The van der Waals surface area contributed by atoms with Gasteiger partial charge in [-0.05, 0) is 36.8 Å². The molecule has 1 fully saturated rings. The van der Waals surface area contributed by atoms with Gasteiger partial charge in [0.1, 0.15) is 5.75 Å². The molecule has 1 heterocycles. The normalized spacial score (nSPS) is 18.8. The molecule has 1 saturated heterocycles. The van der Waals surface area contributed by atoms with Crippen LogP contribution in [0.25, 0.3) is 0 Å². The van der Waals surface area contributed by atoms with E-state index in [2.05, 4.69) is 12.6 Å². The Balaban J connectivity index is 2.03. The lowest BCUT2D eigenvalue weighted by Crippen LogP contribution is -2.36. The van der Waals surface area contributed by atoms with Crippen molar-refractivity contribution in [3.8, 4) is 5.75 Å². The Kier molecular flexibility index (Phi) is 4.86. The Morgan fingerprint density at radius 2 is 1.95 bits per heavy atom. The van der Waals surface area contributed by atoms with E-state index in [1.54, 1.807) is 6.07 Å². The lowest BCUT2D eigenvalue weighted by molar-refractivity contribution is -0.137. The van der Waals surface area contributed by atoms with Gasteiger partial charge in [-0.3, -0.25) is 0 Å². The SMILES string of the molecule is FC(F)(F)c1cccc(OCC2(CS)CCOCC2)c1. The zero-order valence-electron chi connectivity index (χ0n) is 10.9. The van der Waals surface area contributed by atoms with Crippen molar-refractivity contribution in [1.29, 1.82) is 0 Å². The molecule has 112 valence electrons. The fourth-order valence-electron chi connectivity index (χ4n) is 2.15. The van der Waals surface area contributed by atoms with Crippen molar-refractivity contribution < 1.29 is 22.6 Å². The smallest absolute Gasteiger partial charge is 0.416 e. The van der Waals surface area contributed by atoms with Crippen molar-refractivity contribution in [2.24, 2.45) is 5.41 Å². The zero-order chi connectivity index (χ0) is 14.6. The number of halogens is 3. The van der Waals surface area contributed by atoms with Crippen molar-refractivity contribution in [2.75, 3.05) is 25.6 Å². The molecule has 0 saturated carbocycles. The fourth-order valence-corrected chi connectivity index (χ4v) is 2.56. The Bertz CT molecular complexity index is 442. The highest BCUT2D eigenvalue weighted by molar-refractivity contribution is 7.80. The summed E-state index contributed by atoms with van der Waals surface area (Å²) in [6.45, 7) is 1.65. The Morgan fingerprint density at radius 1 is 1.25 bits per heavy atom.